The van der Waals surface area contributed by atoms with E-state index in [1.54, 1.807) is 12.3 Å². The Kier molecular flexibility index (Phi) is 4.35. The van der Waals surface area contributed by atoms with Gasteiger partial charge in [-0.25, -0.2) is 13.1 Å². The van der Waals surface area contributed by atoms with E-state index in [0.717, 1.165) is 25.1 Å². The van der Waals surface area contributed by atoms with E-state index in [1.807, 2.05) is 11.6 Å². The second-order valence-electron chi connectivity index (χ2n) is 5.97. The second kappa shape index (κ2) is 6.08. The van der Waals surface area contributed by atoms with Crippen LogP contribution in [0.15, 0.2) is 17.2 Å². The van der Waals surface area contributed by atoms with Crippen molar-refractivity contribution in [3.63, 3.8) is 0 Å². The molecule has 0 aromatic carbocycles. The molecule has 0 amide bonds. The first-order valence-corrected chi connectivity index (χ1v) is 9.01. The van der Waals surface area contributed by atoms with Crippen LogP contribution in [-0.2, 0) is 28.4 Å². The SMILES string of the molecule is Cn1cc(S(=O)(=O)NC2CCCOC2)cc1CNC1CC1. The minimum absolute atomic E-state index is 0.114. The van der Waals surface area contributed by atoms with Crippen molar-refractivity contribution in [1.29, 1.82) is 0 Å². The predicted molar refractivity (Wildman–Crippen MR) is 79.4 cm³/mol. The maximum atomic E-state index is 12.4. The normalized spacial score (nSPS) is 23.4. The number of hydrogen-bond donors (Lipinski definition) is 2. The van der Waals surface area contributed by atoms with Crippen LogP contribution in [0.4, 0.5) is 0 Å². The zero-order chi connectivity index (χ0) is 14.9. The predicted octanol–water partition coefficient (Wildman–Crippen LogP) is 0.734. The van der Waals surface area contributed by atoms with E-state index < -0.39 is 10.0 Å². The average molecular weight is 313 g/mol. The molecule has 2 N–H and O–H groups in total. The van der Waals surface area contributed by atoms with E-state index >= 15 is 0 Å². The van der Waals surface area contributed by atoms with Gasteiger partial charge < -0.3 is 14.6 Å². The zero-order valence-electron chi connectivity index (χ0n) is 12.3. The van der Waals surface area contributed by atoms with Crippen LogP contribution in [0.2, 0.25) is 0 Å². The summed E-state index contributed by atoms with van der Waals surface area (Å²) in [6, 6.07) is 2.25. The van der Waals surface area contributed by atoms with Crippen LogP contribution >= 0.6 is 0 Å². The molecule has 1 aromatic heterocycles. The summed E-state index contributed by atoms with van der Waals surface area (Å²) in [4.78, 5) is 0.336. The van der Waals surface area contributed by atoms with Crippen molar-refractivity contribution in [3.8, 4) is 0 Å². The van der Waals surface area contributed by atoms with Crippen molar-refractivity contribution in [2.45, 2.75) is 49.2 Å². The van der Waals surface area contributed by atoms with E-state index in [9.17, 15) is 8.42 Å². The Morgan fingerprint density at radius 3 is 2.81 bits per heavy atom. The van der Waals surface area contributed by atoms with Crippen molar-refractivity contribution >= 4 is 10.0 Å². The third kappa shape index (κ3) is 3.85. The number of aryl methyl sites for hydroxylation is 1. The number of sulfonamides is 1. The molecule has 6 nitrogen and oxygen atoms in total. The summed E-state index contributed by atoms with van der Waals surface area (Å²) in [5, 5.41) is 3.40. The molecule has 0 radical (unpaired) electrons. The fourth-order valence-electron chi connectivity index (χ4n) is 2.56. The van der Waals surface area contributed by atoms with Gasteiger partial charge in [0.05, 0.1) is 11.5 Å². The Hall–Kier alpha value is -0.890. The Morgan fingerprint density at radius 2 is 2.14 bits per heavy atom. The molecular weight excluding hydrogens is 290 g/mol. The first kappa shape index (κ1) is 15.0. The van der Waals surface area contributed by atoms with Crippen LogP contribution < -0.4 is 10.0 Å². The molecule has 7 heteroatoms. The number of hydrogen-bond acceptors (Lipinski definition) is 4. The molecule has 3 rings (SSSR count). The van der Waals surface area contributed by atoms with Gasteiger partial charge in [-0.3, -0.25) is 0 Å². The average Bonchev–Trinajstić information content (AvgIpc) is 3.20. The molecule has 1 aliphatic carbocycles. The van der Waals surface area contributed by atoms with Crippen LogP contribution in [0.25, 0.3) is 0 Å². The summed E-state index contributed by atoms with van der Waals surface area (Å²) in [6.07, 6.45) is 5.86. The van der Waals surface area contributed by atoms with Gasteiger partial charge in [0.25, 0.3) is 0 Å². The topological polar surface area (TPSA) is 72.4 Å². The highest BCUT2D eigenvalue weighted by Gasteiger charge is 2.25. The van der Waals surface area contributed by atoms with E-state index in [0.29, 0.717) is 24.1 Å². The molecule has 118 valence electrons. The summed E-state index contributed by atoms with van der Waals surface area (Å²) in [5.41, 5.74) is 0.988. The highest BCUT2D eigenvalue weighted by molar-refractivity contribution is 7.89. The lowest BCUT2D eigenvalue weighted by Gasteiger charge is -2.22. The fraction of sp³-hybridized carbons (Fsp3) is 0.714. The molecule has 1 atom stereocenters. The van der Waals surface area contributed by atoms with Gasteiger partial charge in [0, 0.05) is 44.2 Å². The van der Waals surface area contributed by atoms with Crippen LogP contribution in [0.3, 0.4) is 0 Å². The Balaban J connectivity index is 1.67. The third-order valence-corrected chi connectivity index (χ3v) is 5.51. The molecule has 2 fully saturated rings. The molecule has 1 aliphatic heterocycles. The molecule has 2 heterocycles. The number of nitrogens with one attached hydrogen (secondary N) is 2. The van der Waals surface area contributed by atoms with Crippen molar-refractivity contribution < 1.29 is 13.2 Å². The standard InChI is InChI=1S/C14H23N3O3S/c1-17-9-14(7-13(17)8-15-11-4-5-11)21(18,19)16-12-3-2-6-20-10-12/h7,9,11-12,15-16H,2-6,8,10H2,1H3. The highest BCUT2D eigenvalue weighted by atomic mass is 32.2. The lowest BCUT2D eigenvalue weighted by Crippen LogP contribution is -2.40. The van der Waals surface area contributed by atoms with Gasteiger partial charge in [-0.1, -0.05) is 0 Å². The van der Waals surface area contributed by atoms with Crippen molar-refractivity contribution in [1.82, 2.24) is 14.6 Å². The molecule has 1 saturated heterocycles. The first-order chi connectivity index (χ1) is 10.0. The molecule has 21 heavy (non-hydrogen) atoms. The maximum absolute atomic E-state index is 12.4. The summed E-state index contributed by atoms with van der Waals surface area (Å²) in [6.45, 7) is 1.89. The van der Waals surface area contributed by atoms with Crippen LogP contribution in [-0.4, -0.2) is 38.3 Å². The van der Waals surface area contributed by atoms with E-state index in [4.69, 9.17) is 4.74 Å². The Morgan fingerprint density at radius 1 is 1.33 bits per heavy atom. The van der Waals surface area contributed by atoms with Gasteiger partial charge >= 0.3 is 0 Å². The maximum Gasteiger partial charge on any atom is 0.242 e. The largest absolute Gasteiger partial charge is 0.380 e. The molecule has 2 aliphatic rings. The first-order valence-electron chi connectivity index (χ1n) is 7.53. The van der Waals surface area contributed by atoms with Crippen molar-refractivity contribution in [3.05, 3.63) is 18.0 Å². The van der Waals surface area contributed by atoms with Gasteiger partial charge in [-0.2, -0.15) is 0 Å². The van der Waals surface area contributed by atoms with E-state index in [2.05, 4.69) is 10.0 Å². The van der Waals surface area contributed by atoms with Crippen molar-refractivity contribution in [2.75, 3.05) is 13.2 Å². The molecular formula is C14H23N3O3S. The Bertz CT molecular complexity index is 587. The summed E-state index contributed by atoms with van der Waals surface area (Å²) < 4.78 is 34.8. The summed E-state index contributed by atoms with van der Waals surface area (Å²) >= 11 is 0. The van der Waals surface area contributed by atoms with Crippen LogP contribution in [0, 0.1) is 0 Å². The molecule has 1 aromatic rings. The minimum atomic E-state index is -3.46. The van der Waals surface area contributed by atoms with Crippen LogP contribution in [0.5, 0.6) is 0 Å². The van der Waals surface area contributed by atoms with Gasteiger partial charge in [0.1, 0.15) is 0 Å². The third-order valence-electron chi connectivity index (χ3n) is 4.02. The van der Waals surface area contributed by atoms with Gasteiger partial charge in [0.2, 0.25) is 10.0 Å². The molecule has 0 spiro atoms. The smallest absolute Gasteiger partial charge is 0.242 e. The van der Waals surface area contributed by atoms with E-state index in [1.165, 1.54) is 12.8 Å². The highest BCUT2D eigenvalue weighted by Crippen LogP contribution is 2.20. The number of ether oxygens (including phenoxy) is 1. The molecule has 1 saturated carbocycles. The number of nitrogens with zero attached hydrogens (tertiary/aromatic N) is 1. The van der Waals surface area contributed by atoms with Crippen molar-refractivity contribution in [2.24, 2.45) is 7.05 Å². The van der Waals surface area contributed by atoms with E-state index in [-0.39, 0.29) is 6.04 Å². The number of aromatic nitrogens is 1. The van der Waals surface area contributed by atoms with Gasteiger partial charge in [0.15, 0.2) is 0 Å². The fourth-order valence-corrected chi connectivity index (χ4v) is 3.91. The second-order valence-corrected chi connectivity index (χ2v) is 7.68. The Labute approximate surface area is 125 Å². The monoisotopic (exact) mass is 313 g/mol. The van der Waals surface area contributed by atoms with Gasteiger partial charge in [-0.15, -0.1) is 0 Å². The lowest BCUT2D eigenvalue weighted by atomic mass is 10.1. The summed E-state index contributed by atoms with van der Waals surface area (Å²) in [7, 11) is -1.58. The minimum Gasteiger partial charge on any atom is -0.380 e. The molecule has 1 unspecified atom stereocenters. The lowest BCUT2D eigenvalue weighted by molar-refractivity contribution is 0.0774. The summed E-state index contributed by atoms with van der Waals surface area (Å²) in [5.74, 6) is 0. The molecule has 0 bridgehead atoms. The van der Waals surface area contributed by atoms with Crippen LogP contribution in [0.1, 0.15) is 31.4 Å². The zero-order valence-corrected chi connectivity index (χ0v) is 13.2. The number of rotatable bonds is 6. The quantitative estimate of drug-likeness (QED) is 0.812. The van der Waals surface area contributed by atoms with Gasteiger partial charge in [-0.05, 0) is 31.7 Å².